The van der Waals surface area contributed by atoms with Crippen molar-refractivity contribution in [1.82, 2.24) is 15.4 Å². The summed E-state index contributed by atoms with van der Waals surface area (Å²) in [4.78, 5) is 14.4. The molecule has 1 atom stereocenters. The molecule has 0 fully saturated rings. The lowest BCUT2D eigenvalue weighted by atomic mass is 9.87. The van der Waals surface area contributed by atoms with E-state index in [0.29, 0.717) is 19.5 Å². The fourth-order valence-corrected chi connectivity index (χ4v) is 3.31. The van der Waals surface area contributed by atoms with Crippen LogP contribution in [-0.2, 0) is 17.8 Å². The number of carbonyl (C=O) groups excluding carboxylic acids is 1. The maximum Gasteiger partial charge on any atom is 0.221 e. The second-order valence-electron chi connectivity index (χ2n) is 6.63. The van der Waals surface area contributed by atoms with E-state index in [-0.39, 0.29) is 11.9 Å². The van der Waals surface area contributed by atoms with Crippen molar-refractivity contribution in [3.63, 3.8) is 0 Å². The smallest absolute Gasteiger partial charge is 0.221 e. The van der Waals surface area contributed by atoms with Crippen LogP contribution in [0.3, 0.4) is 0 Å². The van der Waals surface area contributed by atoms with Gasteiger partial charge in [0.15, 0.2) is 0 Å². The summed E-state index contributed by atoms with van der Waals surface area (Å²) in [5, 5.41) is 7.18. The molecule has 0 radical (unpaired) electrons. The van der Waals surface area contributed by atoms with Gasteiger partial charge in [0, 0.05) is 25.6 Å². The van der Waals surface area contributed by atoms with Crippen molar-refractivity contribution in [3.05, 3.63) is 52.9 Å². The Bertz CT molecular complexity index is 695. The van der Waals surface area contributed by atoms with E-state index >= 15 is 0 Å². The van der Waals surface area contributed by atoms with Gasteiger partial charge in [0.25, 0.3) is 0 Å². The quantitative estimate of drug-likeness (QED) is 0.886. The minimum atomic E-state index is 0.111. The van der Waals surface area contributed by atoms with Gasteiger partial charge in [0.05, 0.1) is 11.7 Å². The van der Waals surface area contributed by atoms with E-state index in [0.717, 1.165) is 30.7 Å². The summed E-state index contributed by atoms with van der Waals surface area (Å²) < 4.78 is 5.07. The first-order valence-corrected chi connectivity index (χ1v) is 8.60. The third kappa shape index (κ3) is 4.23. The molecule has 1 heterocycles. The molecule has 0 saturated carbocycles. The van der Waals surface area contributed by atoms with Crippen molar-refractivity contribution in [3.8, 4) is 0 Å². The Hall–Kier alpha value is -2.14. The Kier molecular flexibility index (Phi) is 5.30. The number of nitrogens with one attached hydrogen (secondary N) is 1. The van der Waals surface area contributed by atoms with Gasteiger partial charge in [-0.3, -0.25) is 9.69 Å². The van der Waals surface area contributed by atoms with Crippen molar-refractivity contribution in [2.45, 2.75) is 45.2 Å². The number of fused-ring (bicyclic) bond motifs is 1. The number of benzene rings is 1. The molecule has 0 aliphatic heterocycles. The Morgan fingerprint density at radius 2 is 2.25 bits per heavy atom. The molecule has 2 aromatic rings. The Balaban J connectivity index is 1.48. The minimum absolute atomic E-state index is 0.111. The molecule has 0 bridgehead atoms. The van der Waals surface area contributed by atoms with Gasteiger partial charge in [-0.25, -0.2) is 0 Å². The molecule has 1 aliphatic rings. The summed E-state index contributed by atoms with van der Waals surface area (Å²) in [7, 11) is 1.99. The number of aryl methyl sites for hydroxylation is 2. The van der Waals surface area contributed by atoms with E-state index in [1.165, 1.54) is 11.1 Å². The minimum Gasteiger partial charge on any atom is -0.361 e. The summed E-state index contributed by atoms with van der Waals surface area (Å²) in [6.07, 6.45) is 3.76. The zero-order chi connectivity index (χ0) is 16.9. The zero-order valence-corrected chi connectivity index (χ0v) is 14.4. The molecule has 3 rings (SSSR count). The van der Waals surface area contributed by atoms with Gasteiger partial charge in [-0.15, -0.1) is 0 Å². The molecule has 128 valence electrons. The largest absolute Gasteiger partial charge is 0.361 e. The number of hydrogen-bond acceptors (Lipinski definition) is 4. The Labute approximate surface area is 143 Å². The maximum absolute atomic E-state index is 12.3. The highest BCUT2D eigenvalue weighted by atomic mass is 16.5. The first-order chi connectivity index (χ1) is 11.6. The van der Waals surface area contributed by atoms with Crippen molar-refractivity contribution in [2.75, 3.05) is 13.6 Å². The van der Waals surface area contributed by atoms with E-state index in [2.05, 4.69) is 39.6 Å². The molecule has 1 N–H and O–H groups in total. The number of hydrogen-bond donors (Lipinski definition) is 1. The van der Waals surface area contributed by atoms with Crippen molar-refractivity contribution < 1.29 is 9.32 Å². The van der Waals surface area contributed by atoms with Crippen LogP contribution >= 0.6 is 0 Å². The molecular weight excluding hydrogens is 302 g/mol. The topological polar surface area (TPSA) is 58.4 Å². The fourth-order valence-electron chi connectivity index (χ4n) is 3.31. The lowest BCUT2D eigenvalue weighted by molar-refractivity contribution is -0.122. The van der Waals surface area contributed by atoms with E-state index in [9.17, 15) is 4.79 Å². The lowest BCUT2D eigenvalue weighted by Crippen LogP contribution is -2.33. The third-order valence-corrected chi connectivity index (χ3v) is 4.53. The molecule has 5 nitrogen and oxygen atoms in total. The highest BCUT2D eigenvalue weighted by Crippen LogP contribution is 2.29. The zero-order valence-electron chi connectivity index (χ0n) is 14.4. The summed E-state index contributed by atoms with van der Waals surface area (Å²) in [5.74, 6) is 0.923. The third-order valence-electron chi connectivity index (χ3n) is 4.53. The molecule has 1 unspecified atom stereocenters. The maximum atomic E-state index is 12.3. The van der Waals surface area contributed by atoms with Gasteiger partial charge < -0.3 is 9.84 Å². The molecule has 24 heavy (non-hydrogen) atoms. The van der Waals surface area contributed by atoms with Gasteiger partial charge in [-0.2, -0.15) is 0 Å². The van der Waals surface area contributed by atoms with Gasteiger partial charge in [-0.05, 0) is 44.4 Å². The second kappa shape index (κ2) is 7.62. The average Bonchev–Trinajstić information content (AvgIpc) is 2.98. The Morgan fingerprint density at radius 3 is 3.04 bits per heavy atom. The van der Waals surface area contributed by atoms with E-state index in [1.807, 2.05) is 20.0 Å². The highest BCUT2D eigenvalue weighted by molar-refractivity contribution is 5.76. The molecular formula is C19H25N3O2. The van der Waals surface area contributed by atoms with Gasteiger partial charge in [0.2, 0.25) is 5.91 Å². The first kappa shape index (κ1) is 16.7. The number of nitrogens with zero attached hydrogens (tertiary/aromatic N) is 2. The predicted molar refractivity (Wildman–Crippen MR) is 92.5 cm³/mol. The van der Waals surface area contributed by atoms with Crippen LogP contribution in [0.15, 0.2) is 34.9 Å². The summed E-state index contributed by atoms with van der Waals surface area (Å²) in [6.45, 7) is 3.27. The number of carbonyl (C=O) groups is 1. The molecule has 1 amide bonds. The molecule has 5 heteroatoms. The monoisotopic (exact) mass is 327 g/mol. The predicted octanol–water partition coefficient (Wildman–Crippen LogP) is 3.00. The van der Waals surface area contributed by atoms with Crippen LogP contribution in [-0.4, -0.2) is 29.6 Å². The average molecular weight is 327 g/mol. The molecule has 0 saturated heterocycles. The van der Waals surface area contributed by atoms with Gasteiger partial charge >= 0.3 is 0 Å². The van der Waals surface area contributed by atoms with E-state index in [1.54, 1.807) is 0 Å². The summed E-state index contributed by atoms with van der Waals surface area (Å²) in [5.41, 5.74) is 3.55. The SMILES string of the molecule is Cc1cc(CN(C)CCC(=O)NC2CCCc3ccccc32)no1. The van der Waals surface area contributed by atoms with Crippen molar-refractivity contribution >= 4 is 5.91 Å². The molecule has 1 aromatic carbocycles. The fraction of sp³-hybridized carbons (Fsp3) is 0.474. The van der Waals surface area contributed by atoms with E-state index in [4.69, 9.17) is 4.52 Å². The van der Waals surface area contributed by atoms with Gasteiger partial charge in [0.1, 0.15) is 5.76 Å². The normalized spacial score (nSPS) is 16.9. The van der Waals surface area contributed by atoms with E-state index < -0.39 is 0 Å². The van der Waals surface area contributed by atoms with Gasteiger partial charge in [-0.1, -0.05) is 29.4 Å². The number of rotatable bonds is 6. The number of aromatic nitrogens is 1. The van der Waals surface area contributed by atoms with Crippen LogP contribution in [0.5, 0.6) is 0 Å². The highest BCUT2D eigenvalue weighted by Gasteiger charge is 2.21. The number of amides is 1. The van der Waals surface area contributed by atoms with Crippen LogP contribution < -0.4 is 5.32 Å². The van der Waals surface area contributed by atoms with Crippen LogP contribution in [0.1, 0.15) is 47.9 Å². The summed E-state index contributed by atoms with van der Waals surface area (Å²) in [6, 6.07) is 10.5. The van der Waals surface area contributed by atoms with Crippen LogP contribution in [0, 0.1) is 6.92 Å². The Morgan fingerprint density at radius 1 is 1.42 bits per heavy atom. The molecule has 1 aromatic heterocycles. The van der Waals surface area contributed by atoms with Crippen LogP contribution in [0.2, 0.25) is 0 Å². The lowest BCUT2D eigenvalue weighted by Gasteiger charge is -2.26. The summed E-state index contributed by atoms with van der Waals surface area (Å²) >= 11 is 0. The van der Waals surface area contributed by atoms with Crippen LogP contribution in [0.25, 0.3) is 0 Å². The second-order valence-corrected chi connectivity index (χ2v) is 6.63. The molecule has 0 spiro atoms. The standard InChI is InChI=1S/C19H25N3O2/c1-14-12-16(21-24-14)13-22(2)11-10-19(23)20-18-9-5-7-15-6-3-4-8-17(15)18/h3-4,6,8,12,18H,5,7,9-11,13H2,1-2H3,(H,20,23). The van der Waals surface area contributed by atoms with Crippen molar-refractivity contribution in [1.29, 1.82) is 0 Å². The van der Waals surface area contributed by atoms with Crippen molar-refractivity contribution in [2.24, 2.45) is 0 Å². The van der Waals surface area contributed by atoms with Crippen LogP contribution in [0.4, 0.5) is 0 Å². The first-order valence-electron chi connectivity index (χ1n) is 8.60. The molecule has 1 aliphatic carbocycles.